The van der Waals surface area contributed by atoms with Crippen LogP contribution in [0.3, 0.4) is 0 Å². The Hall–Kier alpha value is -0.830. The summed E-state index contributed by atoms with van der Waals surface area (Å²) >= 11 is 0. The number of nitrogens with two attached hydrogens (primary N) is 1. The highest BCUT2D eigenvalue weighted by Gasteiger charge is 2.26. The standard InChI is InChI=1S/C13H26N2O/c1-6-8-15(13(3,4)5)12(16)9-11(7-2)10-14/h6,11H,1,7-10,14H2,2-5H3. The first-order valence-electron chi connectivity index (χ1n) is 5.98. The summed E-state index contributed by atoms with van der Waals surface area (Å²) in [6, 6.07) is 0. The Kier molecular flexibility index (Phi) is 6.34. The molecule has 0 heterocycles. The SMILES string of the molecule is C=CCN(C(=O)CC(CC)CN)C(C)(C)C. The molecule has 94 valence electrons. The summed E-state index contributed by atoms with van der Waals surface area (Å²) in [5, 5.41) is 0. The third-order valence-corrected chi connectivity index (χ3v) is 2.80. The molecule has 1 unspecified atom stereocenters. The summed E-state index contributed by atoms with van der Waals surface area (Å²) in [6.07, 6.45) is 3.26. The fraction of sp³-hybridized carbons (Fsp3) is 0.769. The van der Waals surface area contributed by atoms with Crippen molar-refractivity contribution >= 4 is 5.91 Å². The smallest absolute Gasteiger partial charge is 0.223 e. The van der Waals surface area contributed by atoms with E-state index in [0.717, 1.165) is 6.42 Å². The Morgan fingerprint density at radius 2 is 2.06 bits per heavy atom. The molecular formula is C13H26N2O. The fourth-order valence-electron chi connectivity index (χ4n) is 1.63. The maximum absolute atomic E-state index is 12.1. The van der Waals surface area contributed by atoms with Crippen molar-refractivity contribution in [1.29, 1.82) is 0 Å². The Morgan fingerprint density at radius 3 is 2.38 bits per heavy atom. The van der Waals surface area contributed by atoms with Crippen molar-refractivity contribution in [3.63, 3.8) is 0 Å². The normalized spacial score (nSPS) is 13.3. The van der Waals surface area contributed by atoms with Gasteiger partial charge in [0.15, 0.2) is 0 Å². The molecule has 0 aromatic carbocycles. The molecule has 0 rings (SSSR count). The quantitative estimate of drug-likeness (QED) is 0.706. The minimum Gasteiger partial charge on any atom is -0.334 e. The van der Waals surface area contributed by atoms with Gasteiger partial charge in [-0.05, 0) is 33.2 Å². The average molecular weight is 226 g/mol. The predicted octanol–water partition coefficient (Wildman–Crippen LogP) is 2.17. The van der Waals surface area contributed by atoms with Gasteiger partial charge in [-0.15, -0.1) is 6.58 Å². The number of carbonyl (C=O) groups is 1. The average Bonchev–Trinajstić information content (AvgIpc) is 2.20. The van der Waals surface area contributed by atoms with Gasteiger partial charge in [0, 0.05) is 18.5 Å². The van der Waals surface area contributed by atoms with Gasteiger partial charge >= 0.3 is 0 Å². The van der Waals surface area contributed by atoms with E-state index in [9.17, 15) is 4.79 Å². The number of amides is 1. The topological polar surface area (TPSA) is 46.3 Å². The summed E-state index contributed by atoms with van der Waals surface area (Å²) in [4.78, 5) is 14.0. The van der Waals surface area contributed by atoms with E-state index in [1.165, 1.54) is 0 Å². The van der Waals surface area contributed by atoms with Gasteiger partial charge in [-0.3, -0.25) is 4.79 Å². The first-order valence-corrected chi connectivity index (χ1v) is 5.98. The van der Waals surface area contributed by atoms with Gasteiger partial charge in [-0.25, -0.2) is 0 Å². The molecule has 3 heteroatoms. The third-order valence-electron chi connectivity index (χ3n) is 2.80. The first kappa shape index (κ1) is 15.2. The largest absolute Gasteiger partial charge is 0.334 e. The predicted molar refractivity (Wildman–Crippen MR) is 69.1 cm³/mol. The molecule has 0 aromatic rings. The molecule has 0 aliphatic rings. The van der Waals surface area contributed by atoms with Crippen molar-refractivity contribution in [2.75, 3.05) is 13.1 Å². The van der Waals surface area contributed by atoms with Crippen molar-refractivity contribution in [3.05, 3.63) is 12.7 Å². The van der Waals surface area contributed by atoms with Crippen LogP contribution in [-0.2, 0) is 4.79 Å². The molecule has 0 radical (unpaired) electrons. The number of nitrogens with zero attached hydrogens (tertiary/aromatic N) is 1. The molecule has 1 atom stereocenters. The second-order valence-corrected chi connectivity index (χ2v) is 5.18. The van der Waals surface area contributed by atoms with Crippen LogP contribution in [0.2, 0.25) is 0 Å². The molecule has 0 aliphatic heterocycles. The molecule has 0 fully saturated rings. The number of hydrogen-bond donors (Lipinski definition) is 1. The van der Waals surface area contributed by atoms with E-state index in [1.54, 1.807) is 6.08 Å². The van der Waals surface area contributed by atoms with E-state index in [1.807, 2.05) is 25.7 Å². The Morgan fingerprint density at radius 1 is 1.50 bits per heavy atom. The Bertz CT molecular complexity index is 227. The van der Waals surface area contributed by atoms with Crippen molar-refractivity contribution < 1.29 is 4.79 Å². The number of rotatable bonds is 6. The van der Waals surface area contributed by atoms with Crippen LogP contribution in [0.1, 0.15) is 40.5 Å². The lowest BCUT2D eigenvalue weighted by Crippen LogP contribution is -2.46. The lowest BCUT2D eigenvalue weighted by molar-refractivity contribution is -0.136. The van der Waals surface area contributed by atoms with Crippen LogP contribution in [0.15, 0.2) is 12.7 Å². The van der Waals surface area contributed by atoms with Gasteiger partial charge in [-0.2, -0.15) is 0 Å². The second kappa shape index (κ2) is 6.69. The highest BCUT2D eigenvalue weighted by molar-refractivity contribution is 5.77. The molecule has 0 saturated heterocycles. The molecule has 0 bridgehead atoms. The lowest BCUT2D eigenvalue weighted by Gasteiger charge is -2.35. The summed E-state index contributed by atoms with van der Waals surface area (Å²) in [5.74, 6) is 0.465. The molecule has 3 nitrogen and oxygen atoms in total. The van der Waals surface area contributed by atoms with Crippen molar-refractivity contribution in [3.8, 4) is 0 Å². The maximum Gasteiger partial charge on any atom is 0.223 e. The van der Waals surface area contributed by atoms with Gasteiger partial charge < -0.3 is 10.6 Å². The van der Waals surface area contributed by atoms with Crippen LogP contribution in [0.5, 0.6) is 0 Å². The monoisotopic (exact) mass is 226 g/mol. The summed E-state index contributed by atoms with van der Waals surface area (Å²) in [5.41, 5.74) is 5.47. The molecule has 0 saturated carbocycles. The van der Waals surface area contributed by atoms with Crippen molar-refractivity contribution in [1.82, 2.24) is 4.90 Å². The molecule has 0 aromatic heterocycles. The van der Waals surface area contributed by atoms with Crippen LogP contribution < -0.4 is 5.73 Å². The van der Waals surface area contributed by atoms with E-state index in [-0.39, 0.29) is 11.4 Å². The van der Waals surface area contributed by atoms with Gasteiger partial charge in [0.2, 0.25) is 5.91 Å². The minimum absolute atomic E-state index is 0.155. The minimum atomic E-state index is -0.155. The molecule has 2 N–H and O–H groups in total. The first-order chi connectivity index (χ1) is 7.36. The molecule has 1 amide bonds. The van der Waals surface area contributed by atoms with Crippen LogP contribution in [0.4, 0.5) is 0 Å². The highest BCUT2D eigenvalue weighted by Crippen LogP contribution is 2.17. The summed E-state index contributed by atoms with van der Waals surface area (Å²) in [6.45, 7) is 13.1. The van der Waals surface area contributed by atoms with Gasteiger partial charge in [0.1, 0.15) is 0 Å². The molecular weight excluding hydrogens is 200 g/mol. The summed E-state index contributed by atoms with van der Waals surface area (Å²) in [7, 11) is 0. The Balaban J connectivity index is 4.56. The number of hydrogen-bond acceptors (Lipinski definition) is 2. The molecule has 0 spiro atoms. The van der Waals surface area contributed by atoms with Crippen LogP contribution in [0, 0.1) is 5.92 Å². The van der Waals surface area contributed by atoms with Gasteiger partial charge in [0.05, 0.1) is 0 Å². The molecule has 16 heavy (non-hydrogen) atoms. The second-order valence-electron chi connectivity index (χ2n) is 5.18. The zero-order valence-corrected chi connectivity index (χ0v) is 11.1. The van der Waals surface area contributed by atoms with Crippen LogP contribution in [0.25, 0.3) is 0 Å². The van der Waals surface area contributed by atoms with Crippen molar-refractivity contribution in [2.24, 2.45) is 11.7 Å². The third kappa shape index (κ3) is 4.79. The van der Waals surface area contributed by atoms with E-state index in [4.69, 9.17) is 5.73 Å². The highest BCUT2D eigenvalue weighted by atomic mass is 16.2. The lowest BCUT2D eigenvalue weighted by atomic mass is 9.99. The zero-order chi connectivity index (χ0) is 12.8. The van der Waals surface area contributed by atoms with Gasteiger partial charge in [0.25, 0.3) is 0 Å². The van der Waals surface area contributed by atoms with Crippen molar-refractivity contribution in [2.45, 2.75) is 46.1 Å². The van der Waals surface area contributed by atoms with E-state index in [0.29, 0.717) is 25.4 Å². The van der Waals surface area contributed by atoms with Gasteiger partial charge in [-0.1, -0.05) is 19.4 Å². The Labute approximate surface area is 99.7 Å². The maximum atomic E-state index is 12.1. The van der Waals surface area contributed by atoms with Crippen LogP contribution >= 0.6 is 0 Å². The molecule has 0 aliphatic carbocycles. The fourth-order valence-corrected chi connectivity index (χ4v) is 1.63. The van der Waals surface area contributed by atoms with E-state index >= 15 is 0 Å². The number of carbonyl (C=O) groups excluding carboxylic acids is 1. The van der Waals surface area contributed by atoms with E-state index in [2.05, 4.69) is 13.5 Å². The summed E-state index contributed by atoms with van der Waals surface area (Å²) < 4.78 is 0. The van der Waals surface area contributed by atoms with Crippen LogP contribution in [-0.4, -0.2) is 29.4 Å². The van der Waals surface area contributed by atoms with E-state index < -0.39 is 0 Å². The zero-order valence-electron chi connectivity index (χ0n) is 11.1.